The fraction of sp³-hybridized carbons (Fsp3) is 0.556. The van der Waals surface area contributed by atoms with E-state index in [0.717, 1.165) is 23.8 Å². The van der Waals surface area contributed by atoms with E-state index in [4.69, 9.17) is 19.6 Å². The number of rotatable bonds is 4. The second-order valence-electron chi connectivity index (χ2n) is 6.62. The van der Waals surface area contributed by atoms with Crippen LogP contribution in [0.15, 0.2) is 18.2 Å². The molecule has 5 nitrogen and oxygen atoms in total. The third-order valence-electron chi connectivity index (χ3n) is 3.96. The molecule has 1 aromatic heterocycles. The van der Waals surface area contributed by atoms with Crippen molar-refractivity contribution in [2.75, 3.05) is 19.8 Å². The molecule has 1 aliphatic heterocycles. The second-order valence-corrected chi connectivity index (χ2v) is 6.62. The lowest BCUT2D eigenvalue weighted by atomic mass is 10.1. The molecule has 2 heterocycles. The minimum Gasteiger partial charge on any atom is -0.376 e. The van der Waals surface area contributed by atoms with E-state index in [1.807, 2.05) is 4.68 Å². The highest BCUT2D eigenvalue weighted by Crippen LogP contribution is 2.25. The Morgan fingerprint density at radius 3 is 2.78 bits per heavy atom. The van der Waals surface area contributed by atoms with E-state index in [0.29, 0.717) is 25.7 Å². The zero-order valence-electron chi connectivity index (χ0n) is 14.4. The van der Waals surface area contributed by atoms with Crippen LogP contribution in [0, 0.1) is 19.8 Å². The topological polar surface area (TPSA) is 49.2 Å². The van der Waals surface area contributed by atoms with Crippen LogP contribution in [0.5, 0.6) is 0 Å². The first kappa shape index (κ1) is 16.1. The van der Waals surface area contributed by atoms with Gasteiger partial charge in [0.05, 0.1) is 25.5 Å². The van der Waals surface area contributed by atoms with E-state index in [1.165, 1.54) is 11.1 Å². The lowest BCUT2D eigenvalue weighted by Crippen LogP contribution is -2.25. The zero-order chi connectivity index (χ0) is 16.4. The molecule has 0 spiro atoms. The van der Waals surface area contributed by atoms with Crippen LogP contribution >= 0.6 is 0 Å². The first-order chi connectivity index (χ1) is 11.0. The quantitative estimate of drug-likeness (QED) is 0.869. The van der Waals surface area contributed by atoms with E-state index < -0.39 is 0 Å². The molecular weight excluding hydrogens is 290 g/mol. The monoisotopic (exact) mass is 315 g/mol. The maximum atomic E-state index is 5.87. The van der Waals surface area contributed by atoms with Crippen molar-refractivity contribution in [1.82, 2.24) is 14.8 Å². The first-order valence-corrected chi connectivity index (χ1v) is 8.27. The fourth-order valence-corrected chi connectivity index (χ4v) is 2.79. The van der Waals surface area contributed by atoms with Crippen LogP contribution in [0.2, 0.25) is 0 Å². The second kappa shape index (κ2) is 6.81. The van der Waals surface area contributed by atoms with Crippen molar-refractivity contribution in [1.29, 1.82) is 0 Å². The predicted molar refractivity (Wildman–Crippen MR) is 88.9 cm³/mol. The standard InChI is InChI=1S/C18H25N3O2/c1-12(2)9-17-19-18(16-11-22-7-8-23-16)21(20-17)15-10-13(3)5-6-14(15)4/h5-6,10,12,16H,7-9,11H2,1-4H3/t16-/m1/s1. The van der Waals surface area contributed by atoms with Crippen molar-refractivity contribution >= 4 is 0 Å². The van der Waals surface area contributed by atoms with Gasteiger partial charge in [-0.15, -0.1) is 0 Å². The molecule has 5 heteroatoms. The van der Waals surface area contributed by atoms with Crippen molar-refractivity contribution in [3.8, 4) is 5.69 Å². The summed E-state index contributed by atoms with van der Waals surface area (Å²) in [5.74, 6) is 2.22. The minimum absolute atomic E-state index is 0.155. The Morgan fingerprint density at radius 2 is 2.09 bits per heavy atom. The minimum atomic E-state index is -0.155. The van der Waals surface area contributed by atoms with E-state index in [-0.39, 0.29) is 6.10 Å². The highest BCUT2D eigenvalue weighted by molar-refractivity contribution is 5.43. The first-order valence-electron chi connectivity index (χ1n) is 8.27. The number of nitrogens with zero attached hydrogens (tertiary/aromatic N) is 3. The molecule has 0 saturated carbocycles. The highest BCUT2D eigenvalue weighted by Gasteiger charge is 2.25. The smallest absolute Gasteiger partial charge is 0.163 e. The number of aryl methyl sites for hydroxylation is 2. The van der Waals surface area contributed by atoms with Crippen molar-refractivity contribution in [2.24, 2.45) is 5.92 Å². The van der Waals surface area contributed by atoms with Gasteiger partial charge in [0, 0.05) is 6.42 Å². The molecule has 0 amide bonds. The molecule has 3 rings (SSSR count). The Kier molecular flexibility index (Phi) is 4.78. The van der Waals surface area contributed by atoms with E-state index in [1.54, 1.807) is 0 Å². The van der Waals surface area contributed by atoms with Gasteiger partial charge in [-0.2, -0.15) is 5.10 Å². The molecule has 124 valence electrons. The Morgan fingerprint density at radius 1 is 1.26 bits per heavy atom. The Bertz CT molecular complexity index is 673. The molecule has 1 atom stereocenters. The molecule has 1 aliphatic rings. The van der Waals surface area contributed by atoms with Gasteiger partial charge in [-0.25, -0.2) is 9.67 Å². The summed E-state index contributed by atoms with van der Waals surface area (Å²) in [6.45, 7) is 10.3. The molecule has 0 unspecified atom stereocenters. The molecule has 0 aliphatic carbocycles. The summed E-state index contributed by atoms with van der Waals surface area (Å²) >= 11 is 0. The normalized spacial score (nSPS) is 18.6. The molecule has 0 bridgehead atoms. The van der Waals surface area contributed by atoms with Crippen LogP contribution < -0.4 is 0 Å². The van der Waals surface area contributed by atoms with Gasteiger partial charge in [0.1, 0.15) is 6.10 Å². The van der Waals surface area contributed by atoms with E-state index in [2.05, 4.69) is 45.9 Å². The molecule has 0 N–H and O–H groups in total. The lowest BCUT2D eigenvalue weighted by molar-refractivity contribution is -0.0942. The molecule has 23 heavy (non-hydrogen) atoms. The predicted octanol–water partition coefficient (Wildman–Crippen LogP) is 3.17. The SMILES string of the molecule is Cc1ccc(C)c(-n2nc(CC(C)C)nc2[C@H]2COCCO2)c1. The maximum absolute atomic E-state index is 5.87. The summed E-state index contributed by atoms with van der Waals surface area (Å²) in [7, 11) is 0. The molecule has 0 radical (unpaired) electrons. The van der Waals surface area contributed by atoms with E-state index in [9.17, 15) is 0 Å². The summed E-state index contributed by atoms with van der Waals surface area (Å²) in [5.41, 5.74) is 3.45. The summed E-state index contributed by atoms with van der Waals surface area (Å²) in [5, 5.41) is 4.77. The van der Waals surface area contributed by atoms with Crippen molar-refractivity contribution in [2.45, 2.75) is 40.2 Å². The van der Waals surface area contributed by atoms with Gasteiger partial charge in [-0.3, -0.25) is 0 Å². The van der Waals surface area contributed by atoms with Gasteiger partial charge >= 0.3 is 0 Å². The zero-order valence-corrected chi connectivity index (χ0v) is 14.4. The average molecular weight is 315 g/mol. The molecule has 2 aromatic rings. The van der Waals surface area contributed by atoms with Crippen molar-refractivity contribution in [3.05, 3.63) is 41.0 Å². The molecular formula is C18H25N3O2. The highest BCUT2D eigenvalue weighted by atomic mass is 16.6. The molecule has 1 saturated heterocycles. The number of hydrogen-bond acceptors (Lipinski definition) is 4. The molecule has 1 aromatic carbocycles. The van der Waals surface area contributed by atoms with Crippen LogP contribution in [0.1, 0.15) is 42.7 Å². The van der Waals surface area contributed by atoms with Crippen LogP contribution in [-0.2, 0) is 15.9 Å². The Balaban J connectivity index is 2.05. The number of aromatic nitrogens is 3. The summed E-state index contributed by atoms with van der Waals surface area (Å²) in [6, 6.07) is 6.39. The van der Waals surface area contributed by atoms with Gasteiger partial charge < -0.3 is 9.47 Å². The van der Waals surface area contributed by atoms with E-state index >= 15 is 0 Å². The van der Waals surface area contributed by atoms with Gasteiger partial charge in [0.15, 0.2) is 11.6 Å². The van der Waals surface area contributed by atoms with Crippen LogP contribution in [-0.4, -0.2) is 34.6 Å². The summed E-state index contributed by atoms with van der Waals surface area (Å²) in [6.07, 6.45) is 0.704. The average Bonchev–Trinajstić information content (AvgIpc) is 2.93. The van der Waals surface area contributed by atoms with Gasteiger partial charge in [-0.1, -0.05) is 26.0 Å². The maximum Gasteiger partial charge on any atom is 0.163 e. The van der Waals surface area contributed by atoms with Crippen LogP contribution in [0.3, 0.4) is 0 Å². The Hall–Kier alpha value is -1.72. The summed E-state index contributed by atoms with van der Waals surface area (Å²) < 4.78 is 13.4. The van der Waals surface area contributed by atoms with Crippen LogP contribution in [0.25, 0.3) is 5.69 Å². The van der Waals surface area contributed by atoms with Gasteiger partial charge in [-0.05, 0) is 37.0 Å². The summed E-state index contributed by atoms with van der Waals surface area (Å²) in [4.78, 5) is 4.77. The van der Waals surface area contributed by atoms with Crippen molar-refractivity contribution < 1.29 is 9.47 Å². The van der Waals surface area contributed by atoms with Crippen LogP contribution in [0.4, 0.5) is 0 Å². The number of hydrogen-bond donors (Lipinski definition) is 0. The van der Waals surface area contributed by atoms with Gasteiger partial charge in [0.2, 0.25) is 0 Å². The molecule has 1 fully saturated rings. The lowest BCUT2D eigenvalue weighted by Gasteiger charge is -2.23. The number of ether oxygens (including phenoxy) is 2. The third-order valence-corrected chi connectivity index (χ3v) is 3.96. The van der Waals surface area contributed by atoms with Crippen molar-refractivity contribution in [3.63, 3.8) is 0 Å². The third kappa shape index (κ3) is 3.62. The fourth-order valence-electron chi connectivity index (χ4n) is 2.79. The largest absolute Gasteiger partial charge is 0.376 e. The number of benzene rings is 1. The Labute approximate surface area is 137 Å². The van der Waals surface area contributed by atoms with Gasteiger partial charge in [0.25, 0.3) is 0 Å².